The number of phenols is 2. The lowest BCUT2D eigenvalue weighted by molar-refractivity contribution is -0.422. The summed E-state index contributed by atoms with van der Waals surface area (Å²) in [7, 11) is 0. The minimum atomic E-state index is -3.09. The Morgan fingerprint density at radius 3 is 2.41 bits per heavy atom. The number of benzene rings is 3. The number of amides is 1. The van der Waals surface area contributed by atoms with Crippen LogP contribution >= 0.6 is 0 Å². The second-order valence-corrected chi connectivity index (χ2v) is 14.9. The molecule has 9 N–H and O–H groups in total. The number of carboxylic acid groups (broad SMARTS) is 1. The number of carbonyl (C=O) groups is 2. The average Bonchev–Trinajstić information content (AvgIpc) is 3.82. The number of carbonyl (C=O) groups excluding carboxylic acids is 1. The second-order valence-electron chi connectivity index (χ2n) is 14.9. The normalized spacial score (nSPS) is 27.3. The summed E-state index contributed by atoms with van der Waals surface area (Å²) in [5, 5.41) is 85.0. The zero-order chi connectivity index (χ0) is 39.8. The molecule has 1 amide bonds. The summed E-state index contributed by atoms with van der Waals surface area (Å²) < 4.78 is 10.8. The highest BCUT2D eigenvalue weighted by Gasteiger charge is 2.56. The van der Waals surface area contributed by atoms with E-state index in [-0.39, 0.29) is 11.4 Å². The molecule has 15 heteroatoms. The molecule has 0 radical (unpaired) electrons. The third kappa shape index (κ3) is 7.36. The Labute approximate surface area is 321 Å². The van der Waals surface area contributed by atoms with E-state index >= 15 is 0 Å². The molecule has 1 saturated carbocycles. The van der Waals surface area contributed by atoms with Gasteiger partial charge in [0, 0.05) is 41.9 Å². The van der Waals surface area contributed by atoms with Crippen LogP contribution in [0.25, 0.3) is 6.08 Å². The number of nitrogens with zero attached hydrogens (tertiary/aromatic N) is 2. The molecule has 1 aliphatic carbocycles. The molecular formula is C41H45N3O12. The van der Waals surface area contributed by atoms with Gasteiger partial charge in [0.2, 0.25) is 0 Å². The number of aromatic nitrogens is 2. The summed E-state index contributed by atoms with van der Waals surface area (Å²) in [6.07, 6.45) is 3.20. The molecule has 4 aromatic rings. The number of phenolic OH excluding ortho intramolecular Hbond substituents is 2. The predicted octanol–water partition coefficient (Wildman–Crippen LogP) is 2.80. The average molecular weight is 772 g/mol. The summed E-state index contributed by atoms with van der Waals surface area (Å²) in [6, 6.07) is 15.6. The largest absolute Gasteiger partial charge is 0.508 e. The molecule has 1 saturated heterocycles. The van der Waals surface area contributed by atoms with Crippen molar-refractivity contribution in [2.45, 2.75) is 92.7 Å². The van der Waals surface area contributed by atoms with Crippen LogP contribution in [-0.4, -0.2) is 106 Å². The van der Waals surface area contributed by atoms with Gasteiger partial charge in [0.25, 0.3) is 5.91 Å². The Hall–Kier alpha value is -5.29. The smallest absolute Gasteiger partial charge is 0.355 e. The Bertz CT molecular complexity index is 2070. The lowest BCUT2D eigenvalue weighted by Crippen LogP contribution is -2.67. The van der Waals surface area contributed by atoms with E-state index in [1.165, 1.54) is 30.6 Å². The van der Waals surface area contributed by atoms with E-state index in [9.17, 15) is 50.4 Å². The number of imidazole rings is 1. The molecule has 2 fully saturated rings. The zero-order valence-corrected chi connectivity index (χ0v) is 30.3. The summed E-state index contributed by atoms with van der Waals surface area (Å²) in [5.74, 6) is -7.06. The van der Waals surface area contributed by atoms with Gasteiger partial charge in [-0.15, -0.1) is 0 Å². The predicted molar refractivity (Wildman–Crippen MR) is 200 cm³/mol. The van der Waals surface area contributed by atoms with Crippen molar-refractivity contribution >= 4 is 23.6 Å². The van der Waals surface area contributed by atoms with Crippen molar-refractivity contribution in [2.24, 2.45) is 0 Å². The van der Waals surface area contributed by atoms with Gasteiger partial charge in [-0.1, -0.05) is 55.7 Å². The van der Waals surface area contributed by atoms with Crippen molar-refractivity contribution in [1.82, 2.24) is 9.97 Å². The van der Waals surface area contributed by atoms with Crippen molar-refractivity contribution < 1.29 is 59.9 Å². The number of carboxylic acids is 1. The number of H-pyrrole nitrogens is 1. The van der Waals surface area contributed by atoms with Gasteiger partial charge in [-0.3, -0.25) is 9.69 Å². The van der Waals surface area contributed by atoms with Crippen LogP contribution in [0.1, 0.15) is 72.4 Å². The number of anilines is 1. The van der Waals surface area contributed by atoms with E-state index in [0.717, 1.165) is 54.3 Å². The van der Waals surface area contributed by atoms with Crippen LogP contribution in [0.4, 0.5) is 5.69 Å². The first-order valence-electron chi connectivity index (χ1n) is 18.5. The number of aromatic amines is 1. The molecule has 0 unspecified atom stereocenters. The molecule has 3 aliphatic rings. The molecule has 1 aromatic heterocycles. The number of hydrogen-bond donors (Lipinski definition) is 9. The number of rotatable bonds is 11. The van der Waals surface area contributed by atoms with Crippen molar-refractivity contribution in [3.05, 3.63) is 107 Å². The minimum absolute atomic E-state index is 0.0359. The van der Waals surface area contributed by atoms with Gasteiger partial charge < -0.3 is 55.3 Å². The number of fused-ring (bicyclic) bond motifs is 1. The maximum atomic E-state index is 14.4. The first-order valence-corrected chi connectivity index (χ1v) is 18.5. The van der Waals surface area contributed by atoms with Gasteiger partial charge in [-0.2, -0.15) is 0 Å². The highest BCUT2D eigenvalue weighted by molar-refractivity contribution is 6.10. The van der Waals surface area contributed by atoms with Gasteiger partial charge >= 0.3 is 11.9 Å². The Kier molecular flexibility index (Phi) is 10.9. The quantitative estimate of drug-likeness (QED) is 0.0788. The highest BCUT2D eigenvalue weighted by atomic mass is 16.8. The molecule has 7 atom stereocenters. The van der Waals surface area contributed by atoms with Gasteiger partial charge in [-0.25, -0.2) is 9.78 Å². The maximum Gasteiger partial charge on any atom is 0.355 e. The van der Waals surface area contributed by atoms with E-state index < -0.39 is 77.7 Å². The zero-order valence-electron chi connectivity index (χ0n) is 30.3. The van der Waals surface area contributed by atoms with Crippen LogP contribution in [0.2, 0.25) is 0 Å². The molecule has 3 aromatic carbocycles. The van der Waals surface area contributed by atoms with Crippen molar-refractivity contribution in [2.75, 3.05) is 11.5 Å². The molecule has 15 nitrogen and oxygen atoms in total. The summed E-state index contributed by atoms with van der Waals surface area (Å²) in [4.78, 5) is 35.8. The molecule has 0 bridgehead atoms. The van der Waals surface area contributed by atoms with Crippen molar-refractivity contribution in [1.29, 1.82) is 0 Å². The first-order chi connectivity index (χ1) is 26.8. The fraction of sp³-hybridized carbons (Fsp3) is 0.390. The van der Waals surface area contributed by atoms with Gasteiger partial charge in [-0.05, 0) is 65.6 Å². The standard InChI is InChI=1S/C41H45N3O12/c45-21-33-36(49)37(50)38(51)41(54,56-33)55-32-18-29-27(17-31(32)47)28(19-40(13-5-2-6-14-40)25-7-3-1-4-8-25)35(39(52)53)44(29)34(48)12-10-23-9-11-30(46)24(15-23)16-26-20-42-22-43-26/h1,3-4,7-12,15,17-18,20,22,28,33,35-38,45-47,49-51,54H,2,5-6,13-14,16,19,21H2,(H,42,43)(H,52,53)/b12-10+/t28-,33-,35-,36-,37+,38-,41+/m1/s1. The number of aliphatic carboxylic acids is 1. The summed E-state index contributed by atoms with van der Waals surface area (Å²) in [5.41, 5.74) is 2.82. The van der Waals surface area contributed by atoms with E-state index in [1.807, 2.05) is 30.3 Å². The van der Waals surface area contributed by atoms with Gasteiger partial charge in [0.1, 0.15) is 30.1 Å². The molecule has 296 valence electrons. The van der Waals surface area contributed by atoms with Crippen molar-refractivity contribution in [3.8, 4) is 17.2 Å². The number of aromatic hydroxyl groups is 2. The number of aliphatic hydroxyl groups excluding tert-OH is 4. The second kappa shape index (κ2) is 15.7. The maximum absolute atomic E-state index is 14.4. The highest BCUT2D eigenvalue weighted by Crippen LogP contribution is 2.54. The molecule has 2 aliphatic heterocycles. The fourth-order valence-electron chi connectivity index (χ4n) is 8.52. The molecule has 56 heavy (non-hydrogen) atoms. The van der Waals surface area contributed by atoms with E-state index in [1.54, 1.807) is 18.3 Å². The molecular weight excluding hydrogens is 726 g/mol. The SMILES string of the molecule is O=C(O)[C@H]1[C@H](CC2(c3ccccc3)CCCCC2)c2cc(O)c(O[C@]3(O)O[C@H](CO)[C@@H](O)[C@H](O)[C@H]3O)cc2N1C(=O)/C=C/c1ccc(O)c(Cc2cnc[nH]2)c1. The lowest BCUT2D eigenvalue weighted by Gasteiger charge is -2.44. The minimum Gasteiger partial charge on any atom is -0.508 e. The summed E-state index contributed by atoms with van der Waals surface area (Å²) >= 11 is 0. The third-order valence-electron chi connectivity index (χ3n) is 11.4. The van der Waals surface area contributed by atoms with Crippen LogP contribution in [0.15, 0.2) is 79.3 Å². The Balaban J connectivity index is 1.29. The topological polar surface area (TPSA) is 246 Å². The number of hydrogen-bond acceptors (Lipinski definition) is 12. The molecule has 7 rings (SSSR count). The van der Waals surface area contributed by atoms with Crippen molar-refractivity contribution in [3.63, 3.8) is 0 Å². The van der Waals surface area contributed by atoms with E-state index in [2.05, 4.69) is 9.97 Å². The Morgan fingerprint density at radius 2 is 1.73 bits per heavy atom. The monoisotopic (exact) mass is 771 g/mol. The van der Waals surface area contributed by atoms with Crippen LogP contribution in [0, 0.1) is 0 Å². The first kappa shape index (κ1) is 39.0. The number of aliphatic hydroxyl groups is 5. The van der Waals surface area contributed by atoms with Crippen LogP contribution in [-0.2, 0) is 26.2 Å². The molecule has 3 heterocycles. The Morgan fingerprint density at radius 1 is 0.982 bits per heavy atom. The van der Waals surface area contributed by atoms with E-state index in [4.69, 9.17) is 9.47 Å². The number of nitrogens with one attached hydrogen (secondary N) is 1. The number of ether oxygens (including phenoxy) is 2. The van der Waals surface area contributed by atoms with E-state index in [0.29, 0.717) is 29.5 Å². The summed E-state index contributed by atoms with van der Waals surface area (Å²) in [6.45, 7) is -0.877. The fourth-order valence-corrected chi connectivity index (χ4v) is 8.52. The molecule has 0 spiro atoms. The lowest BCUT2D eigenvalue weighted by atomic mass is 9.63. The van der Waals surface area contributed by atoms with Crippen LogP contribution < -0.4 is 9.64 Å². The van der Waals surface area contributed by atoms with Gasteiger partial charge in [0.05, 0.1) is 18.6 Å². The van der Waals surface area contributed by atoms with Crippen LogP contribution in [0.5, 0.6) is 17.2 Å². The van der Waals surface area contributed by atoms with Gasteiger partial charge in [0.15, 0.2) is 17.6 Å². The van der Waals surface area contributed by atoms with Crippen LogP contribution in [0.3, 0.4) is 0 Å². The third-order valence-corrected chi connectivity index (χ3v) is 11.4.